The van der Waals surface area contributed by atoms with Crippen LogP contribution in [0.2, 0.25) is 0 Å². The van der Waals surface area contributed by atoms with Crippen LogP contribution in [-0.2, 0) is 6.18 Å². The molecule has 5 nitrogen and oxygen atoms in total. The predicted molar refractivity (Wildman–Crippen MR) is 139 cm³/mol. The molecule has 0 bridgehead atoms. The summed E-state index contributed by atoms with van der Waals surface area (Å²) >= 11 is 0. The van der Waals surface area contributed by atoms with Gasteiger partial charge in [-0.3, -0.25) is 14.8 Å². The highest BCUT2D eigenvalue weighted by molar-refractivity contribution is 5.98. The van der Waals surface area contributed by atoms with Crippen LogP contribution < -0.4 is 4.74 Å². The molecule has 1 aliphatic rings. The first-order chi connectivity index (χ1) is 18.2. The first-order valence-corrected chi connectivity index (χ1v) is 12.2. The highest BCUT2D eigenvalue weighted by Gasteiger charge is 2.32. The van der Waals surface area contributed by atoms with E-state index in [1.165, 1.54) is 7.11 Å². The van der Waals surface area contributed by atoms with Gasteiger partial charge in [-0.2, -0.15) is 13.2 Å². The number of benzene rings is 2. The van der Waals surface area contributed by atoms with Crippen molar-refractivity contribution in [2.24, 2.45) is 0 Å². The number of halogens is 3. The summed E-state index contributed by atoms with van der Waals surface area (Å²) in [5.41, 5.74) is 3.54. The van der Waals surface area contributed by atoms with Crippen LogP contribution in [0, 0.1) is 6.92 Å². The monoisotopic (exact) mass is 517 g/mol. The Bertz CT molecular complexity index is 1470. The maximum absolute atomic E-state index is 13.6. The van der Waals surface area contributed by atoms with Gasteiger partial charge in [0, 0.05) is 48.7 Å². The molecule has 5 rings (SSSR count). The number of alkyl halides is 3. The van der Waals surface area contributed by atoms with Crippen LogP contribution in [0.1, 0.15) is 39.4 Å². The number of pyridine rings is 2. The molecule has 1 fully saturated rings. The van der Waals surface area contributed by atoms with Crippen LogP contribution in [0.5, 0.6) is 5.75 Å². The van der Waals surface area contributed by atoms with Crippen molar-refractivity contribution in [3.8, 4) is 28.0 Å². The van der Waals surface area contributed by atoms with E-state index in [4.69, 9.17) is 4.74 Å². The molecule has 38 heavy (non-hydrogen) atoms. The van der Waals surface area contributed by atoms with Gasteiger partial charge >= 0.3 is 6.18 Å². The Morgan fingerprint density at radius 2 is 1.82 bits per heavy atom. The molecule has 1 amide bonds. The summed E-state index contributed by atoms with van der Waals surface area (Å²) in [4.78, 5) is 23.8. The highest BCUT2D eigenvalue weighted by Crippen LogP contribution is 2.38. The van der Waals surface area contributed by atoms with Gasteiger partial charge in [0.1, 0.15) is 5.75 Å². The van der Waals surface area contributed by atoms with Crippen molar-refractivity contribution < 1.29 is 22.7 Å². The van der Waals surface area contributed by atoms with Gasteiger partial charge in [0.15, 0.2) is 0 Å². The third-order valence-corrected chi connectivity index (χ3v) is 6.87. The van der Waals surface area contributed by atoms with Crippen LogP contribution in [-0.4, -0.2) is 41.0 Å². The number of carbonyl (C=O) groups excluding carboxylic acids is 1. The fourth-order valence-corrected chi connectivity index (χ4v) is 4.96. The van der Waals surface area contributed by atoms with Crippen LogP contribution in [0.15, 0.2) is 79.4 Å². The quantitative estimate of drug-likeness (QED) is 0.293. The summed E-state index contributed by atoms with van der Waals surface area (Å²) in [6.45, 7) is 2.83. The average Bonchev–Trinajstić information content (AvgIpc) is 3.42. The maximum Gasteiger partial charge on any atom is 0.416 e. The van der Waals surface area contributed by atoms with Gasteiger partial charge in [0.25, 0.3) is 5.91 Å². The molecule has 0 saturated carbocycles. The number of rotatable bonds is 5. The molecule has 1 aliphatic heterocycles. The Morgan fingerprint density at radius 1 is 0.974 bits per heavy atom. The molecule has 1 saturated heterocycles. The molecule has 3 heterocycles. The summed E-state index contributed by atoms with van der Waals surface area (Å²) in [7, 11) is 1.52. The van der Waals surface area contributed by atoms with Crippen LogP contribution in [0.3, 0.4) is 0 Å². The molecule has 1 unspecified atom stereocenters. The predicted octanol–water partition coefficient (Wildman–Crippen LogP) is 6.78. The van der Waals surface area contributed by atoms with Gasteiger partial charge in [-0.15, -0.1) is 0 Å². The second-order valence-corrected chi connectivity index (χ2v) is 9.48. The number of hydrogen-bond donors (Lipinski definition) is 0. The van der Waals surface area contributed by atoms with Crippen LogP contribution >= 0.6 is 0 Å². The number of hydrogen-bond acceptors (Lipinski definition) is 4. The van der Waals surface area contributed by atoms with Crippen molar-refractivity contribution in [1.29, 1.82) is 0 Å². The highest BCUT2D eigenvalue weighted by atomic mass is 19.4. The topological polar surface area (TPSA) is 55.3 Å². The van der Waals surface area contributed by atoms with E-state index in [0.29, 0.717) is 52.2 Å². The minimum Gasteiger partial charge on any atom is -0.495 e. The number of amides is 1. The van der Waals surface area contributed by atoms with Crippen molar-refractivity contribution in [2.45, 2.75) is 25.4 Å². The Labute approximate surface area is 218 Å². The zero-order chi connectivity index (χ0) is 26.9. The maximum atomic E-state index is 13.6. The Morgan fingerprint density at radius 3 is 2.55 bits per heavy atom. The smallest absolute Gasteiger partial charge is 0.416 e. The van der Waals surface area contributed by atoms with Gasteiger partial charge in [-0.1, -0.05) is 18.2 Å². The van der Waals surface area contributed by atoms with E-state index < -0.39 is 11.7 Å². The molecule has 0 radical (unpaired) electrons. The minimum atomic E-state index is -4.48. The van der Waals surface area contributed by atoms with E-state index in [1.807, 2.05) is 23.2 Å². The van der Waals surface area contributed by atoms with E-state index in [-0.39, 0.29) is 11.8 Å². The molecule has 2 aromatic heterocycles. The minimum absolute atomic E-state index is 0.125. The number of aromatic nitrogens is 2. The van der Waals surface area contributed by atoms with Crippen LogP contribution in [0.4, 0.5) is 13.2 Å². The lowest BCUT2D eigenvalue weighted by Gasteiger charge is -2.19. The van der Waals surface area contributed by atoms with E-state index in [1.54, 1.807) is 55.8 Å². The van der Waals surface area contributed by atoms with E-state index in [0.717, 1.165) is 24.1 Å². The van der Waals surface area contributed by atoms with Crippen molar-refractivity contribution in [3.05, 3.63) is 102 Å². The normalized spacial score (nSPS) is 15.5. The fraction of sp³-hybridized carbons (Fsp3) is 0.233. The summed E-state index contributed by atoms with van der Waals surface area (Å²) in [6, 6.07) is 14.8. The van der Waals surface area contributed by atoms with Crippen molar-refractivity contribution >= 4 is 5.91 Å². The lowest BCUT2D eigenvalue weighted by molar-refractivity contribution is -0.137. The molecular formula is C30H26F3N3O2. The molecule has 4 aromatic rings. The molecule has 2 aromatic carbocycles. The Hall–Kier alpha value is -4.20. The van der Waals surface area contributed by atoms with Gasteiger partial charge in [0.05, 0.1) is 18.9 Å². The second kappa shape index (κ2) is 10.3. The number of methoxy groups -OCH3 is 1. The zero-order valence-corrected chi connectivity index (χ0v) is 21.0. The van der Waals surface area contributed by atoms with Gasteiger partial charge in [-0.25, -0.2) is 0 Å². The van der Waals surface area contributed by atoms with Crippen molar-refractivity contribution in [2.75, 3.05) is 20.2 Å². The molecular weight excluding hydrogens is 491 g/mol. The van der Waals surface area contributed by atoms with Gasteiger partial charge in [0.2, 0.25) is 0 Å². The first kappa shape index (κ1) is 25.4. The van der Waals surface area contributed by atoms with Crippen LogP contribution in [0.25, 0.3) is 22.3 Å². The molecule has 0 N–H and O–H groups in total. The summed E-state index contributed by atoms with van der Waals surface area (Å²) < 4.78 is 46.1. The molecule has 8 heteroatoms. The summed E-state index contributed by atoms with van der Waals surface area (Å²) in [5, 5.41) is 0. The largest absolute Gasteiger partial charge is 0.495 e. The van der Waals surface area contributed by atoms with E-state index in [9.17, 15) is 18.0 Å². The third kappa shape index (κ3) is 5.25. The summed E-state index contributed by atoms with van der Waals surface area (Å²) in [5.74, 6) is 0.589. The van der Waals surface area contributed by atoms with Crippen molar-refractivity contribution in [3.63, 3.8) is 0 Å². The number of likely N-dealkylation sites (tertiary alicyclic amines) is 1. The number of carbonyl (C=O) groups is 1. The first-order valence-electron chi connectivity index (χ1n) is 12.2. The lowest BCUT2D eigenvalue weighted by atomic mass is 9.91. The number of nitrogens with zero attached hydrogens (tertiary/aromatic N) is 3. The van der Waals surface area contributed by atoms with Gasteiger partial charge in [-0.05, 0) is 77.6 Å². The average molecular weight is 518 g/mol. The molecule has 1 atom stereocenters. The van der Waals surface area contributed by atoms with E-state index in [2.05, 4.69) is 9.97 Å². The second-order valence-electron chi connectivity index (χ2n) is 9.48. The van der Waals surface area contributed by atoms with Gasteiger partial charge < -0.3 is 9.64 Å². The Kier molecular flexibility index (Phi) is 6.89. The number of aryl methyl sites for hydroxylation is 1. The molecule has 194 valence electrons. The zero-order valence-electron chi connectivity index (χ0n) is 21.0. The number of ether oxygens (including phenoxy) is 1. The Balaban J connectivity index is 1.55. The molecule has 0 spiro atoms. The van der Waals surface area contributed by atoms with E-state index >= 15 is 0 Å². The van der Waals surface area contributed by atoms with Crippen molar-refractivity contribution in [1.82, 2.24) is 14.9 Å². The standard InChI is InChI=1S/C30H26F3N3O2/c1-19-10-23(12-25(11-19)30(31,32)33)27-6-5-20(14-28(27)24-13-26(38-2)17-35-16-24)29(37)36-9-7-22(18-36)21-4-3-8-34-15-21/h3-6,8,10-17,22H,7,9,18H2,1-2H3. The third-order valence-electron chi connectivity index (χ3n) is 6.87. The fourth-order valence-electron chi connectivity index (χ4n) is 4.96. The lowest BCUT2D eigenvalue weighted by Crippen LogP contribution is -2.28. The summed E-state index contributed by atoms with van der Waals surface area (Å²) in [6.07, 6.45) is 3.09. The SMILES string of the molecule is COc1cncc(-c2cc(C(=O)N3CCC(c4cccnc4)C3)ccc2-c2cc(C)cc(C(F)(F)F)c2)c1. The molecule has 0 aliphatic carbocycles.